The summed E-state index contributed by atoms with van der Waals surface area (Å²) in [7, 11) is 0. The van der Waals surface area contributed by atoms with Crippen LogP contribution in [0.2, 0.25) is 0 Å². The molecule has 3 heteroatoms. The van der Waals surface area contributed by atoms with Crippen LogP contribution in [0.3, 0.4) is 0 Å². The van der Waals surface area contributed by atoms with Crippen LogP contribution in [0.5, 0.6) is 0 Å². The van der Waals surface area contributed by atoms with Gasteiger partial charge in [-0.25, -0.2) is 0 Å². The lowest BCUT2D eigenvalue weighted by Crippen LogP contribution is -2.43. The predicted molar refractivity (Wildman–Crippen MR) is 48.3 cm³/mol. The van der Waals surface area contributed by atoms with Crippen LogP contribution in [0.15, 0.2) is 0 Å². The van der Waals surface area contributed by atoms with E-state index in [9.17, 15) is 10.2 Å². The lowest BCUT2D eigenvalue weighted by atomic mass is 9.66. The van der Waals surface area contributed by atoms with Crippen molar-refractivity contribution in [1.29, 1.82) is 0 Å². The minimum atomic E-state index is -0.251. The molecule has 0 aromatic heterocycles. The fourth-order valence-corrected chi connectivity index (χ4v) is 2.64. The summed E-state index contributed by atoms with van der Waals surface area (Å²) >= 11 is 0. The third-order valence-electron chi connectivity index (χ3n) is 3.66. The van der Waals surface area contributed by atoms with E-state index in [4.69, 9.17) is 4.74 Å². The van der Waals surface area contributed by atoms with Gasteiger partial charge in [-0.2, -0.15) is 0 Å². The Kier molecular flexibility index (Phi) is 2.58. The molecule has 0 aromatic rings. The molecule has 1 saturated carbocycles. The standard InChI is InChI=1S/C10H18O3/c11-6-10(7-12)4-2-1-3-8(10)9-5-13-9/h8-9,11-12H,1-7H2. The zero-order chi connectivity index (χ0) is 9.31. The molecule has 2 aliphatic rings. The molecule has 1 saturated heterocycles. The third-order valence-corrected chi connectivity index (χ3v) is 3.66. The van der Waals surface area contributed by atoms with E-state index in [1.807, 2.05) is 0 Å². The average Bonchev–Trinajstić information content (AvgIpc) is 3.01. The molecule has 0 amide bonds. The van der Waals surface area contributed by atoms with Gasteiger partial charge in [-0.3, -0.25) is 0 Å². The first-order chi connectivity index (χ1) is 6.32. The Morgan fingerprint density at radius 3 is 2.46 bits per heavy atom. The maximum atomic E-state index is 9.37. The van der Waals surface area contributed by atoms with Crippen LogP contribution in [-0.2, 0) is 4.74 Å². The predicted octanol–water partition coefficient (Wildman–Crippen LogP) is 0.546. The van der Waals surface area contributed by atoms with Crippen molar-refractivity contribution < 1.29 is 14.9 Å². The minimum absolute atomic E-state index is 0.105. The van der Waals surface area contributed by atoms with Crippen molar-refractivity contribution in [2.75, 3.05) is 19.8 Å². The molecule has 3 nitrogen and oxygen atoms in total. The van der Waals surface area contributed by atoms with E-state index in [2.05, 4.69) is 0 Å². The van der Waals surface area contributed by atoms with Crippen LogP contribution in [-0.4, -0.2) is 36.1 Å². The quantitative estimate of drug-likeness (QED) is 0.633. The van der Waals surface area contributed by atoms with Crippen molar-refractivity contribution in [2.45, 2.75) is 31.8 Å². The van der Waals surface area contributed by atoms with Crippen LogP contribution in [0.25, 0.3) is 0 Å². The van der Waals surface area contributed by atoms with E-state index in [1.165, 1.54) is 6.42 Å². The lowest BCUT2D eigenvalue weighted by molar-refractivity contribution is -0.0346. The molecule has 2 fully saturated rings. The Labute approximate surface area is 78.7 Å². The molecule has 1 heterocycles. The molecule has 2 N–H and O–H groups in total. The van der Waals surface area contributed by atoms with Gasteiger partial charge in [0.05, 0.1) is 25.9 Å². The molecule has 13 heavy (non-hydrogen) atoms. The smallest absolute Gasteiger partial charge is 0.0845 e. The maximum Gasteiger partial charge on any atom is 0.0845 e. The highest BCUT2D eigenvalue weighted by Gasteiger charge is 2.48. The molecule has 0 radical (unpaired) electrons. The third kappa shape index (κ3) is 1.60. The number of hydrogen-bond acceptors (Lipinski definition) is 3. The summed E-state index contributed by atoms with van der Waals surface area (Å²) < 4.78 is 5.28. The van der Waals surface area contributed by atoms with Gasteiger partial charge < -0.3 is 14.9 Å². The van der Waals surface area contributed by atoms with E-state index in [1.54, 1.807) is 0 Å². The van der Waals surface area contributed by atoms with E-state index in [-0.39, 0.29) is 18.6 Å². The van der Waals surface area contributed by atoms with Gasteiger partial charge in [-0.1, -0.05) is 12.8 Å². The summed E-state index contributed by atoms with van der Waals surface area (Å²) in [5.74, 6) is 0.385. The molecule has 2 unspecified atom stereocenters. The summed E-state index contributed by atoms with van der Waals surface area (Å²) in [5, 5.41) is 18.7. The topological polar surface area (TPSA) is 53.0 Å². The fourth-order valence-electron chi connectivity index (χ4n) is 2.64. The fraction of sp³-hybridized carbons (Fsp3) is 1.00. The SMILES string of the molecule is OCC1(CO)CCCCC1C1CO1. The summed E-state index contributed by atoms with van der Waals surface area (Å²) in [6.07, 6.45) is 4.71. The lowest BCUT2D eigenvalue weighted by Gasteiger charge is -2.41. The van der Waals surface area contributed by atoms with Crippen LogP contribution >= 0.6 is 0 Å². The van der Waals surface area contributed by atoms with Gasteiger partial charge in [0.1, 0.15) is 0 Å². The molecule has 2 rings (SSSR count). The Morgan fingerprint density at radius 1 is 1.23 bits per heavy atom. The number of ether oxygens (including phenoxy) is 1. The molecule has 2 atom stereocenters. The van der Waals surface area contributed by atoms with Gasteiger partial charge in [-0.05, 0) is 18.8 Å². The molecular weight excluding hydrogens is 168 g/mol. The second-order valence-electron chi connectivity index (χ2n) is 4.40. The summed E-state index contributed by atoms with van der Waals surface area (Å²) in [6, 6.07) is 0. The molecule has 1 aliphatic heterocycles. The zero-order valence-corrected chi connectivity index (χ0v) is 7.91. The molecule has 0 aromatic carbocycles. The van der Waals surface area contributed by atoms with E-state index < -0.39 is 0 Å². The second kappa shape index (κ2) is 3.56. The molecule has 76 valence electrons. The van der Waals surface area contributed by atoms with Crippen molar-refractivity contribution in [1.82, 2.24) is 0 Å². The summed E-state index contributed by atoms with van der Waals surface area (Å²) in [5.41, 5.74) is -0.251. The summed E-state index contributed by atoms with van der Waals surface area (Å²) in [6.45, 7) is 1.04. The number of rotatable bonds is 3. The van der Waals surface area contributed by atoms with Crippen molar-refractivity contribution >= 4 is 0 Å². The van der Waals surface area contributed by atoms with Crippen molar-refractivity contribution in [3.8, 4) is 0 Å². The van der Waals surface area contributed by atoms with E-state index >= 15 is 0 Å². The second-order valence-corrected chi connectivity index (χ2v) is 4.40. The van der Waals surface area contributed by atoms with E-state index in [0.29, 0.717) is 12.0 Å². The minimum Gasteiger partial charge on any atom is -0.396 e. The Balaban J connectivity index is 2.09. The first-order valence-corrected chi connectivity index (χ1v) is 5.16. The molecule has 1 aliphatic carbocycles. The van der Waals surface area contributed by atoms with Crippen LogP contribution in [0.4, 0.5) is 0 Å². The average molecular weight is 186 g/mol. The molecular formula is C10H18O3. The van der Waals surface area contributed by atoms with Gasteiger partial charge >= 0.3 is 0 Å². The maximum absolute atomic E-state index is 9.37. The largest absolute Gasteiger partial charge is 0.396 e. The number of aliphatic hydroxyl groups is 2. The number of hydrogen-bond donors (Lipinski definition) is 2. The van der Waals surface area contributed by atoms with Crippen molar-refractivity contribution in [3.05, 3.63) is 0 Å². The normalized spacial score (nSPS) is 37.4. The number of aliphatic hydroxyl groups excluding tert-OH is 2. The van der Waals surface area contributed by atoms with Gasteiger partial charge in [0.25, 0.3) is 0 Å². The summed E-state index contributed by atoms with van der Waals surface area (Å²) in [4.78, 5) is 0. The molecule has 0 bridgehead atoms. The van der Waals surface area contributed by atoms with Gasteiger partial charge in [0.2, 0.25) is 0 Å². The first kappa shape index (κ1) is 9.44. The van der Waals surface area contributed by atoms with Gasteiger partial charge in [0.15, 0.2) is 0 Å². The van der Waals surface area contributed by atoms with Gasteiger partial charge in [0, 0.05) is 5.41 Å². The van der Waals surface area contributed by atoms with Crippen molar-refractivity contribution in [3.63, 3.8) is 0 Å². The zero-order valence-electron chi connectivity index (χ0n) is 7.91. The Hall–Kier alpha value is -0.120. The Bertz CT molecular complexity index is 173. The first-order valence-electron chi connectivity index (χ1n) is 5.16. The van der Waals surface area contributed by atoms with E-state index in [0.717, 1.165) is 25.9 Å². The number of epoxide rings is 1. The van der Waals surface area contributed by atoms with Gasteiger partial charge in [-0.15, -0.1) is 0 Å². The highest BCUT2D eigenvalue weighted by molar-refractivity contribution is 4.96. The highest BCUT2D eigenvalue weighted by atomic mass is 16.6. The molecule has 0 spiro atoms. The highest BCUT2D eigenvalue weighted by Crippen LogP contribution is 2.46. The van der Waals surface area contributed by atoms with Crippen LogP contribution in [0.1, 0.15) is 25.7 Å². The van der Waals surface area contributed by atoms with Crippen LogP contribution in [0, 0.1) is 11.3 Å². The Morgan fingerprint density at radius 2 is 1.92 bits per heavy atom. The van der Waals surface area contributed by atoms with Crippen molar-refractivity contribution in [2.24, 2.45) is 11.3 Å². The van der Waals surface area contributed by atoms with Crippen LogP contribution < -0.4 is 0 Å². The monoisotopic (exact) mass is 186 g/mol.